The molecule has 0 heterocycles. The Bertz CT molecular complexity index is 611. The maximum absolute atomic E-state index is 12.0. The number of esters is 1. The van der Waals surface area contributed by atoms with Gasteiger partial charge in [-0.15, -0.1) is 11.8 Å². The Balaban J connectivity index is 1.42. The van der Waals surface area contributed by atoms with Crippen molar-refractivity contribution in [2.75, 3.05) is 5.75 Å². The molecule has 1 unspecified atom stereocenters. The lowest BCUT2D eigenvalue weighted by molar-refractivity contribution is -0.152. The molecule has 1 amide bonds. The fourth-order valence-corrected chi connectivity index (χ4v) is 4.20. The molecule has 0 aromatic heterocycles. The summed E-state index contributed by atoms with van der Waals surface area (Å²) in [4.78, 5) is 25.1. The molecule has 5 heteroatoms. The third kappa shape index (κ3) is 4.53. The molecule has 4 nitrogen and oxygen atoms in total. The van der Waals surface area contributed by atoms with Gasteiger partial charge in [0.2, 0.25) is 0 Å². The molecule has 1 saturated carbocycles. The summed E-state index contributed by atoms with van der Waals surface area (Å²) in [6, 6.07) is 6.65. The number of thioether (sulfide) groups is 1. The molecule has 0 spiro atoms. The van der Waals surface area contributed by atoms with Crippen molar-refractivity contribution in [3.63, 3.8) is 0 Å². The molecule has 1 N–H and O–H groups in total. The van der Waals surface area contributed by atoms with E-state index in [1.165, 1.54) is 29.3 Å². The number of amides is 1. The third-order valence-electron chi connectivity index (χ3n) is 4.81. The summed E-state index contributed by atoms with van der Waals surface area (Å²) in [6.45, 7) is 1.64. The lowest BCUT2D eigenvalue weighted by Gasteiger charge is -2.17. The molecule has 0 aliphatic heterocycles. The van der Waals surface area contributed by atoms with E-state index in [4.69, 9.17) is 4.74 Å². The Labute approximate surface area is 147 Å². The summed E-state index contributed by atoms with van der Waals surface area (Å²) in [5, 5.41) is 2.96. The minimum Gasteiger partial charge on any atom is -0.452 e. The van der Waals surface area contributed by atoms with Gasteiger partial charge >= 0.3 is 5.97 Å². The first kappa shape index (κ1) is 17.3. The van der Waals surface area contributed by atoms with E-state index in [-0.39, 0.29) is 23.7 Å². The zero-order valence-electron chi connectivity index (χ0n) is 14.2. The normalized spacial score (nSPS) is 18.2. The van der Waals surface area contributed by atoms with Crippen molar-refractivity contribution in [2.24, 2.45) is 0 Å². The van der Waals surface area contributed by atoms with Gasteiger partial charge in [-0.25, -0.2) is 0 Å². The van der Waals surface area contributed by atoms with E-state index in [0.29, 0.717) is 0 Å². The molecule has 3 rings (SSSR count). The molecule has 2 aliphatic carbocycles. The number of fused-ring (bicyclic) bond motifs is 1. The van der Waals surface area contributed by atoms with Crippen molar-refractivity contribution in [3.8, 4) is 0 Å². The second-order valence-electron chi connectivity index (χ2n) is 6.69. The highest BCUT2D eigenvalue weighted by atomic mass is 32.2. The van der Waals surface area contributed by atoms with Crippen LogP contribution in [0.5, 0.6) is 0 Å². The number of hydrogen-bond donors (Lipinski definition) is 1. The van der Waals surface area contributed by atoms with E-state index >= 15 is 0 Å². The average molecular weight is 347 g/mol. The van der Waals surface area contributed by atoms with Crippen LogP contribution in [0.4, 0.5) is 0 Å². The lowest BCUT2D eigenvalue weighted by Crippen LogP contribution is -2.41. The first-order valence-corrected chi connectivity index (χ1v) is 9.85. The summed E-state index contributed by atoms with van der Waals surface area (Å²) in [6.07, 6.45) is 7.18. The molecule has 24 heavy (non-hydrogen) atoms. The summed E-state index contributed by atoms with van der Waals surface area (Å²) in [5.74, 6) is -0.285. The first-order chi connectivity index (χ1) is 11.6. The topological polar surface area (TPSA) is 55.4 Å². The minimum atomic E-state index is -0.723. The van der Waals surface area contributed by atoms with Crippen molar-refractivity contribution < 1.29 is 14.3 Å². The Morgan fingerprint density at radius 2 is 1.96 bits per heavy atom. The Kier molecular flexibility index (Phi) is 5.82. The van der Waals surface area contributed by atoms with Gasteiger partial charge in [-0.05, 0) is 62.3 Å². The van der Waals surface area contributed by atoms with E-state index in [9.17, 15) is 9.59 Å². The van der Waals surface area contributed by atoms with Gasteiger partial charge in [-0.3, -0.25) is 9.59 Å². The molecule has 1 aromatic rings. The van der Waals surface area contributed by atoms with Gasteiger partial charge in [0.1, 0.15) is 0 Å². The first-order valence-electron chi connectivity index (χ1n) is 8.86. The summed E-state index contributed by atoms with van der Waals surface area (Å²) >= 11 is 1.47. The van der Waals surface area contributed by atoms with Crippen LogP contribution in [0, 0.1) is 0 Å². The van der Waals surface area contributed by atoms with E-state index < -0.39 is 6.10 Å². The molecular formula is C19H25NO3S. The van der Waals surface area contributed by atoms with Crippen LogP contribution in [0.2, 0.25) is 0 Å². The third-order valence-corrected chi connectivity index (χ3v) is 5.77. The predicted molar refractivity (Wildman–Crippen MR) is 95.1 cm³/mol. The van der Waals surface area contributed by atoms with Gasteiger partial charge in [-0.1, -0.05) is 18.9 Å². The molecule has 1 fully saturated rings. The van der Waals surface area contributed by atoms with Crippen molar-refractivity contribution in [2.45, 2.75) is 68.9 Å². The second kappa shape index (κ2) is 8.06. The average Bonchev–Trinajstić information content (AvgIpc) is 3.23. The van der Waals surface area contributed by atoms with E-state index in [2.05, 4.69) is 23.5 Å². The van der Waals surface area contributed by atoms with Crippen LogP contribution in [-0.2, 0) is 27.2 Å². The van der Waals surface area contributed by atoms with Crippen LogP contribution in [0.15, 0.2) is 23.1 Å². The maximum atomic E-state index is 12.0. The zero-order valence-corrected chi connectivity index (χ0v) is 15.0. The van der Waals surface area contributed by atoms with Crippen molar-refractivity contribution in [3.05, 3.63) is 29.3 Å². The number of aryl methyl sites for hydroxylation is 2. The number of hydrogen-bond acceptors (Lipinski definition) is 4. The molecule has 2 aliphatic rings. The van der Waals surface area contributed by atoms with Gasteiger partial charge in [0.05, 0.1) is 5.75 Å². The summed E-state index contributed by atoms with van der Waals surface area (Å²) in [7, 11) is 0. The maximum Gasteiger partial charge on any atom is 0.317 e. The van der Waals surface area contributed by atoms with Gasteiger partial charge in [0, 0.05) is 10.9 Å². The Morgan fingerprint density at radius 3 is 2.75 bits per heavy atom. The highest BCUT2D eigenvalue weighted by molar-refractivity contribution is 8.00. The van der Waals surface area contributed by atoms with Crippen LogP contribution in [0.1, 0.15) is 50.2 Å². The van der Waals surface area contributed by atoms with Crippen molar-refractivity contribution in [1.29, 1.82) is 0 Å². The lowest BCUT2D eigenvalue weighted by atomic mass is 10.1. The quantitative estimate of drug-likeness (QED) is 0.634. The van der Waals surface area contributed by atoms with Crippen LogP contribution in [0.3, 0.4) is 0 Å². The van der Waals surface area contributed by atoms with E-state index in [0.717, 1.165) is 43.4 Å². The van der Waals surface area contributed by atoms with Gasteiger partial charge in [0.15, 0.2) is 6.10 Å². The number of carbonyl (C=O) groups is 2. The van der Waals surface area contributed by atoms with Crippen LogP contribution >= 0.6 is 11.8 Å². The number of ether oxygens (including phenoxy) is 1. The number of benzene rings is 1. The van der Waals surface area contributed by atoms with Crippen molar-refractivity contribution in [1.82, 2.24) is 5.32 Å². The molecule has 0 bridgehead atoms. The smallest absolute Gasteiger partial charge is 0.317 e. The Hall–Kier alpha value is -1.49. The van der Waals surface area contributed by atoms with Crippen molar-refractivity contribution >= 4 is 23.6 Å². The second-order valence-corrected chi connectivity index (χ2v) is 7.74. The fourth-order valence-electron chi connectivity index (χ4n) is 3.45. The molecule has 1 aromatic carbocycles. The summed E-state index contributed by atoms with van der Waals surface area (Å²) < 4.78 is 5.27. The number of rotatable bonds is 6. The zero-order chi connectivity index (χ0) is 16.9. The van der Waals surface area contributed by atoms with Gasteiger partial charge in [0.25, 0.3) is 5.91 Å². The predicted octanol–water partition coefficient (Wildman–Crippen LogP) is 3.26. The van der Waals surface area contributed by atoms with Crippen LogP contribution in [-0.4, -0.2) is 29.8 Å². The standard InChI is InChI=1S/C19H25NO3S/c1-13(19(22)20-16-7-2-3-8-16)23-18(21)12-24-17-10-9-14-5-4-6-15(14)11-17/h9-11,13,16H,2-8,12H2,1H3,(H,20,22). The van der Waals surface area contributed by atoms with Gasteiger partial charge in [-0.2, -0.15) is 0 Å². The summed E-state index contributed by atoms with van der Waals surface area (Å²) in [5.41, 5.74) is 2.83. The van der Waals surface area contributed by atoms with E-state index in [1.807, 2.05) is 0 Å². The van der Waals surface area contributed by atoms with Gasteiger partial charge < -0.3 is 10.1 Å². The molecular weight excluding hydrogens is 322 g/mol. The fraction of sp³-hybridized carbons (Fsp3) is 0.579. The molecule has 130 valence electrons. The monoisotopic (exact) mass is 347 g/mol. The highest BCUT2D eigenvalue weighted by Gasteiger charge is 2.23. The van der Waals surface area contributed by atoms with Crippen LogP contribution in [0.25, 0.3) is 0 Å². The number of carbonyl (C=O) groups excluding carboxylic acids is 2. The largest absolute Gasteiger partial charge is 0.452 e. The number of nitrogens with one attached hydrogen (secondary N) is 1. The molecule has 1 atom stereocenters. The van der Waals surface area contributed by atoms with Crippen LogP contribution < -0.4 is 5.32 Å². The Morgan fingerprint density at radius 1 is 1.21 bits per heavy atom. The molecule has 0 radical (unpaired) electrons. The van der Waals surface area contributed by atoms with E-state index in [1.54, 1.807) is 6.92 Å². The highest BCUT2D eigenvalue weighted by Crippen LogP contribution is 2.27. The molecule has 0 saturated heterocycles. The SMILES string of the molecule is CC(OC(=O)CSc1ccc2c(c1)CCC2)C(=O)NC1CCCC1. The minimum absolute atomic E-state index is 0.183.